The normalized spacial score (nSPS) is 11.6. The fraction of sp³-hybridized carbons (Fsp3) is 0.278. The first kappa shape index (κ1) is 20.9. The largest absolute Gasteiger partial charge is 0.324 e. The average molecular weight is 460 g/mol. The third-order valence-corrected chi connectivity index (χ3v) is 6.36. The Morgan fingerprint density at radius 1 is 1.23 bits per heavy atom. The molecule has 0 saturated carbocycles. The maximum absolute atomic E-state index is 12.9. The van der Waals surface area contributed by atoms with Crippen LogP contribution in [0.1, 0.15) is 18.9 Å². The van der Waals surface area contributed by atoms with E-state index < -0.39 is 15.9 Å². The molecule has 0 aliphatic heterocycles. The fourth-order valence-electron chi connectivity index (χ4n) is 2.38. The highest BCUT2D eigenvalue weighted by molar-refractivity contribution is 9.10. The molecule has 2 aromatic carbocycles. The van der Waals surface area contributed by atoms with E-state index in [2.05, 4.69) is 21.2 Å². The molecule has 0 radical (unpaired) electrons. The van der Waals surface area contributed by atoms with Gasteiger partial charge < -0.3 is 5.32 Å². The smallest absolute Gasteiger partial charge is 0.243 e. The molecule has 0 atom stereocenters. The van der Waals surface area contributed by atoms with Crippen LogP contribution in [0.5, 0.6) is 0 Å². The summed E-state index contributed by atoms with van der Waals surface area (Å²) in [7, 11) is -3.81. The van der Waals surface area contributed by atoms with Crippen LogP contribution in [-0.2, 0) is 14.8 Å². The average Bonchev–Trinajstić information content (AvgIpc) is 2.57. The van der Waals surface area contributed by atoms with Gasteiger partial charge in [0.2, 0.25) is 15.9 Å². The van der Waals surface area contributed by atoms with Crippen molar-refractivity contribution in [1.82, 2.24) is 4.31 Å². The Kier molecular flexibility index (Phi) is 7.23. The van der Waals surface area contributed by atoms with Crippen molar-refractivity contribution in [3.05, 3.63) is 57.5 Å². The van der Waals surface area contributed by atoms with Gasteiger partial charge in [-0.25, -0.2) is 8.42 Å². The fourth-order valence-corrected chi connectivity index (χ4v) is 4.76. The zero-order chi connectivity index (χ0) is 19.3. The molecule has 8 heteroatoms. The van der Waals surface area contributed by atoms with E-state index in [-0.39, 0.29) is 18.0 Å². The molecule has 0 bridgehead atoms. The molecule has 0 spiro atoms. The SMILES string of the molecule is CCCN(CC(=O)Nc1ccc(C)cc1Br)S(=O)(=O)c1cccc(Cl)c1. The van der Waals surface area contributed by atoms with E-state index in [1.165, 1.54) is 12.1 Å². The van der Waals surface area contributed by atoms with Gasteiger partial charge in [0.1, 0.15) is 0 Å². The number of amides is 1. The minimum absolute atomic E-state index is 0.0720. The lowest BCUT2D eigenvalue weighted by molar-refractivity contribution is -0.116. The zero-order valence-corrected chi connectivity index (χ0v) is 17.7. The molecule has 1 amide bonds. The lowest BCUT2D eigenvalue weighted by atomic mass is 10.2. The first-order valence-corrected chi connectivity index (χ1v) is 10.7. The molecule has 0 unspecified atom stereocenters. The molecule has 2 rings (SSSR count). The Morgan fingerprint density at radius 2 is 1.96 bits per heavy atom. The van der Waals surface area contributed by atoms with Crippen LogP contribution in [0, 0.1) is 6.92 Å². The van der Waals surface area contributed by atoms with Gasteiger partial charge in [-0.2, -0.15) is 4.31 Å². The lowest BCUT2D eigenvalue weighted by Gasteiger charge is -2.21. The topological polar surface area (TPSA) is 66.5 Å². The van der Waals surface area contributed by atoms with Crippen LogP contribution in [0.3, 0.4) is 0 Å². The predicted octanol–water partition coefficient (Wildman–Crippen LogP) is 4.45. The van der Waals surface area contributed by atoms with Crippen LogP contribution in [-0.4, -0.2) is 31.7 Å². The van der Waals surface area contributed by atoms with Gasteiger partial charge in [0.15, 0.2) is 0 Å². The number of carbonyl (C=O) groups excluding carboxylic acids is 1. The Labute approximate surface area is 167 Å². The van der Waals surface area contributed by atoms with Crippen LogP contribution in [0.25, 0.3) is 0 Å². The molecule has 5 nitrogen and oxygen atoms in total. The van der Waals surface area contributed by atoms with Gasteiger partial charge in [-0.3, -0.25) is 4.79 Å². The van der Waals surface area contributed by atoms with E-state index >= 15 is 0 Å². The van der Waals surface area contributed by atoms with Crippen molar-refractivity contribution >= 4 is 49.1 Å². The summed E-state index contributed by atoms with van der Waals surface area (Å²) in [6, 6.07) is 11.5. The molecule has 0 aliphatic carbocycles. The Bertz CT molecular complexity index is 903. The van der Waals surface area contributed by atoms with Gasteiger partial charge in [0, 0.05) is 16.0 Å². The molecule has 0 fully saturated rings. The minimum atomic E-state index is -3.81. The highest BCUT2D eigenvalue weighted by atomic mass is 79.9. The maximum Gasteiger partial charge on any atom is 0.243 e. The number of hydrogen-bond donors (Lipinski definition) is 1. The van der Waals surface area contributed by atoms with Gasteiger partial charge in [-0.15, -0.1) is 0 Å². The molecular formula is C18H20BrClN2O3S. The number of benzene rings is 2. The second-order valence-corrected chi connectivity index (χ2v) is 9.06. The van der Waals surface area contributed by atoms with E-state index in [0.29, 0.717) is 17.1 Å². The number of aryl methyl sites for hydroxylation is 1. The van der Waals surface area contributed by atoms with Crippen molar-refractivity contribution in [3.63, 3.8) is 0 Å². The van der Waals surface area contributed by atoms with Crippen molar-refractivity contribution < 1.29 is 13.2 Å². The van der Waals surface area contributed by atoms with Crippen LogP contribution in [0.2, 0.25) is 5.02 Å². The molecule has 0 aliphatic rings. The number of halogens is 2. The van der Waals surface area contributed by atoms with Gasteiger partial charge >= 0.3 is 0 Å². The van der Waals surface area contributed by atoms with Crippen LogP contribution in [0.15, 0.2) is 51.8 Å². The number of hydrogen-bond acceptors (Lipinski definition) is 3. The highest BCUT2D eigenvalue weighted by Crippen LogP contribution is 2.24. The van der Waals surface area contributed by atoms with Gasteiger partial charge in [0.25, 0.3) is 0 Å². The summed E-state index contributed by atoms with van der Waals surface area (Å²) in [5, 5.41) is 3.07. The summed E-state index contributed by atoms with van der Waals surface area (Å²) < 4.78 is 27.6. The van der Waals surface area contributed by atoms with Crippen LogP contribution < -0.4 is 5.32 Å². The first-order chi connectivity index (χ1) is 12.2. The molecular weight excluding hydrogens is 440 g/mol. The Hall–Kier alpha value is -1.41. The summed E-state index contributed by atoms with van der Waals surface area (Å²) in [5.41, 5.74) is 1.64. The monoisotopic (exact) mass is 458 g/mol. The maximum atomic E-state index is 12.9. The third kappa shape index (κ3) is 5.30. The molecule has 2 aromatic rings. The summed E-state index contributed by atoms with van der Waals surface area (Å²) in [6.07, 6.45) is 0.585. The molecule has 1 N–H and O–H groups in total. The predicted molar refractivity (Wildman–Crippen MR) is 108 cm³/mol. The second-order valence-electron chi connectivity index (χ2n) is 5.83. The number of carbonyl (C=O) groups is 1. The molecule has 0 heterocycles. The van der Waals surface area contributed by atoms with Crippen molar-refractivity contribution in [2.24, 2.45) is 0 Å². The van der Waals surface area contributed by atoms with Crippen molar-refractivity contribution in [1.29, 1.82) is 0 Å². The summed E-state index contributed by atoms with van der Waals surface area (Å²) >= 11 is 9.30. The van der Waals surface area contributed by atoms with Crippen LogP contribution >= 0.6 is 27.5 Å². The number of rotatable bonds is 7. The van der Waals surface area contributed by atoms with E-state index in [0.717, 1.165) is 14.3 Å². The van der Waals surface area contributed by atoms with Crippen molar-refractivity contribution in [2.75, 3.05) is 18.4 Å². The zero-order valence-electron chi connectivity index (χ0n) is 14.5. The minimum Gasteiger partial charge on any atom is -0.324 e. The standard InChI is InChI=1S/C18H20BrClN2O3S/c1-3-9-22(26(24,25)15-6-4-5-14(20)11-15)12-18(23)21-17-8-7-13(2)10-16(17)19/h4-8,10-11H,3,9,12H2,1-2H3,(H,21,23). The highest BCUT2D eigenvalue weighted by Gasteiger charge is 2.26. The number of nitrogens with one attached hydrogen (secondary N) is 1. The van der Waals surface area contributed by atoms with Gasteiger partial charge in [-0.1, -0.05) is 30.7 Å². The lowest BCUT2D eigenvalue weighted by Crippen LogP contribution is -2.38. The quantitative estimate of drug-likeness (QED) is 0.665. The van der Waals surface area contributed by atoms with E-state index in [1.54, 1.807) is 18.2 Å². The number of sulfonamides is 1. The van der Waals surface area contributed by atoms with Crippen molar-refractivity contribution in [2.45, 2.75) is 25.2 Å². The second kappa shape index (κ2) is 8.99. The summed E-state index contributed by atoms with van der Waals surface area (Å²) in [5.74, 6) is -0.409. The summed E-state index contributed by atoms with van der Waals surface area (Å²) in [4.78, 5) is 12.5. The number of anilines is 1. The summed E-state index contributed by atoms with van der Waals surface area (Å²) in [6.45, 7) is 3.76. The van der Waals surface area contributed by atoms with E-state index in [9.17, 15) is 13.2 Å². The Morgan fingerprint density at radius 3 is 2.58 bits per heavy atom. The van der Waals surface area contributed by atoms with Crippen LogP contribution in [0.4, 0.5) is 5.69 Å². The third-order valence-electron chi connectivity index (χ3n) is 3.63. The van der Waals surface area contributed by atoms with Gasteiger partial charge in [-0.05, 0) is 65.2 Å². The Balaban J connectivity index is 2.20. The number of nitrogens with zero attached hydrogens (tertiary/aromatic N) is 1. The molecule has 0 aromatic heterocycles. The molecule has 140 valence electrons. The van der Waals surface area contributed by atoms with E-state index in [4.69, 9.17) is 11.6 Å². The van der Waals surface area contributed by atoms with Gasteiger partial charge in [0.05, 0.1) is 17.1 Å². The molecule has 26 heavy (non-hydrogen) atoms. The van der Waals surface area contributed by atoms with Crippen molar-refractivity contribution in [3.8, 4) is 0 Å². The van der Waals surface area contributed by atoms with E-state index in [1.807, 2.05) is 26.0 Å². The first-order valence-electron chi connectivity index (χ1n) is 8.05. The molecule has 0 saturated heterocycles.